The zero-order chi connectivity index (χ0) is 13.0. The van der Waals surface area contributed by atoms with Gasteiger partial charge < -0.3 is 0 Å². The van der Waals surface area contributed by atoms with Gasteiger partial charge in [-0.05, 0) is 48.9 Å². The number of halogens is 1. The third-order valence-corrected chi connectivity index (χ3v) is 2.76. The first-order valence-corrected chi connectivity index (χ1v) is 5.93. The van der Waals surface area contributed by atoms with E-state index in [0.29, 0.717) is 10.6 Å². The molecule has 2 aromatic rings. The molecule has 0 bridgehead atoms. The number of hydrogen-bond donors (Lipinski definition) is 0. The molecule has 0 saturated carbocycles. The van der Waals surface area contributed by atoms with Crippen LogP contribution in [0.2, 0.25) is 5.02 Å². The van der Waals surface area contributed by atoms with E-state index in [2.05, 4.69) is 4.99 Å². The molecule has 18 heavy (non-hydrogen) atoms. The quantitative estimate of drug-likeness (QED) is 0.596. The number of hydrogen-bond acceptors (Lipinski definition) is 2. The third kappa shape index (κ3) is 3.28. The predicted octanol–water partition coefficient (Wildman–Crippen LogP) is 4.29. The van der Waals surface area contributed by atoms with Crippen LogP contribution in [0.3, 0.4) is 0 Å². The fourth-order valence-electron chi connectivity index (χ4n) is 1.48. The van der Waals surface area contributed by atoms with E-state index < -0.39 is 0 Å². The van der Waals surface area contributed by atoms with Gasteiger partial charge in [-0.1, -0.05) is 23.7 Å². The van der Waals surface area contributed by atoms with Gasteiger partial charge in [-0.2, -0.15) is 0 Å². The first kappa shape index (κ1) is 12.5. The number of carbonyl (C=O) groups is 1. The Kier molecular flexibility index (Phi) is 3.90. The van der Waals surface area contributed by atoms with Gasteiger partial charge in [-0.25, -0.2) is 0 Å². The smallest absolute Gasteiger partial charge is 0.159 e. The number of carbonyl (C=O) groups excluding carboxylic acids is 1. The average molecular weight is 258 g/mol. The highest BCUT2D eigenvalue weighted by Crippen LogP contribution is 2.14. The summed E-state index contributed by atoms with van der Waals surface area (Å²) in [7, 11) is 0. The van der Waals surface area contributed by atoms with Gasteiger partial charge >= 0.3 is 0 Å². The highest BCUT2D eigenvalue weighted by molar-refractivity contribution is 6.30. The predicted molar refractivity (Wildman–Crippen MR) is 75.2 cm³/mol. The number of rotatable bonds is 3. The minimum Gasteiger partial charge on any atom is -0.295 e. The maximum atomic E-state index is 11.1. The molecule has 0 aliphatic rings. The van der Waals surface area contributed by atoms with E-state index in [1.54, 1.807) is 25.3 Å². The second-order valence-corrected chi connectivity index (χ2v) is 4.35. The van der Waals surface area contributed by atoms with Crippen LogP contribution in [0.5, 0.6) is 0 Å². The van der Waals surface area contributed by atoms with E-state index >= 15 is 0 Å². The molecule has 0 heterocycles. The summed E-state index contributed by atoms with van der Waals surface area (Å²) in [5.41, 5.74) is 2.49. The van der Waals surface area contributed by atoms with Crippen molar-refractivity contribution in [1.29, 1.82) is 0 Å². The molecule has 0 N–H and O–H groups in total. The van der Waals surface area contributed by atoms with Gasteiger partial charge in [0.25, 0.3) is 0 Å². The monoisotopic (exact) mass is 257 g/mol. The van der Waals surface area contributed by atoms with E-state index in [0.717, 1.165) is 11.3 Å². The van der Waals surface area contributed by atoms with E-state index in [9.17, 15) is 4.79 Å². The van der Waals surface area contributed by atoms with Crippen LogP contribution in [0.4, 0.5) is 5.69 Å². The van der Waals surface area contributed by atoms with Gasteiger partial charge in [0.05, 0.1) is 5.69 Å². The lowest BCUT2D eigenvalue weighted by Gasteiger charge is -1.97. The van der Waals surface area contributed by atoms with Crippen LogP contribution < -0.4 is 0 Å². The minimum atomic E-state index is 0.0585. The Hall–Kier alpha value is -1.93. The highest BCUT2D eigenvalue weighted by atomic mass is 35.5. The van der Waals surface area contributed by atoms with Gasteiger partial charge in [-0.15, -0.1) is 0 Å². The van der Waals surface area contributed by atoms with Crippen LogP contribution in [0.25, 0.3) is 0 Å². The Morgan fingerprint density at radius 1 is 1.06 bits per heavy atom. The van der Waals surface area contributed by atoms with Crippen molar-refractivity contribution in [3.63, 3.8) is 0 Å². The summed E-state index contributed by atoms with van der Waals surface area (Å²) >= 11 is 5.80. The van der Waals surface area contributed by atoms with Crippen LogP contribution in [-0.4, -0.2) is 12.0 Å². The zero-order valence-corrected chi connectivity index (χ0v) is 10.7. The Morgan fingerprint density at radius 3 is 2.22 bits per heavy atom. The summed E-state index contributed by atoms with van der Waals surface area (Å²) in [6.45, 7) is 1.55. The van der Waals surface area contributed by atoms with E-state index in [1.807, 2.05) is 36.4 Å². The highest BCUT2D eigenvalue weighted by Gasteiger charge is 1.97. The minimum absolute atomic E-state index is 0.0585. The molecule has 0 saturated heterocycles. The Bertz CT molecular complexity index is 570. The van der Waals surface area contributed by atoms with E-state index in [1.165, 1.54) is 0 Å². The molecule has 0 aliphatic carbocycles. The van der Waals surface area contributed by atoms with Crippen LogP contribution in [0.1, 0.15) is 22.8 Å². The van der Waals surface area contributed by atoms with Crippen LogP contribution in [-0.2, 0) is 0 Å². The van der Waals surface area contributed by atoms with Gasteiger partial charge in [-0.3, -0.25) is 9.79 Å². The number of ketones is 1. The zero-order valence-electron chi connectivity index (χ0n) is 9.93. The molecule has 0 aliphatic heterocycles. The SMILES string of the molecule is CC(=O)c1ccc(/N=C/c2ccc(Cl)cc2)cc1. The second-order valence-electron chi connectivity index (χ2n) is 3.91. The molecule has 2 rings (SSSR count). The lowest BCUT2D eigenvalue weighted by atomic mass is 10.1. The molecule has 3 heteroatoms. The van der Waals surface area contributed by atoms with Crippen molar-refractivity contribution in [2.45, 2.75) is 6.92 Å². The van der Waals surface area contributed by atoms with Gasteiger partial charge in [0, 0.05) is 16.8 Å². The van der Waals surface area contributed by atoms with Crippen molar-refractivity contribution < 1.29 is 4.79 Å². The lowest BCUT2D eigenvalue weighted by molar-refractivity contribution is 0.101. The Morgan fingerprint density at radius 2 is 1.67 bits per heavy atom. The van der Waals surface area contributed by atoms with Crippen molar-refractivity contribution in [1.82, 2.24) is 0 Å². The molecular weight excluding hydrogens is 246 g/mol. The summed E-state index contributed by atoms with van der Waals surface area (Å²) in [5.74, 6) is 0.0585. The maximum absolute atomic E-state index is 11.1. The molecule has 0 amide bonds. The average Bonchev–Trinajstić information content (AvgIpc) is 2.38. The normalized spacial score (nSPS) is 10.8. The fourth-order valence-corrected chi connectivity index (χ4v) is 1.61. The molecule has 0 radical (unpaired) electrons. The molecule has 0 unspecified atom stereocenters. The van der Waals surface area contributed by atoms with Crippen molar-refractivity contribution >= 4 is 29.3 Å². The van der Waals surface area contributed by atoms with Crippen molar-refractivity contribution in [3.05, 3.63) is 64.7 Å². The summed E-state index contributed by atoms with van der Waals surface area (Å²) < 4.78 is 0. The van der Waals surface area contributed by atoms with Crippen LogP contribution in [0.15, 0.2) is 53.5 Å². The standard InChI is InChI=1S/C15H12ClNO/c1-11(18)13-4-8-15(9-5-13)17-10-12-2-6-14(16)7-3-12/h2-10H,1H3/b17-10+. The van der Waals surface area contributed by atoms with E-state index in [-0.39, 0.29) is 5.78 Å². The van der Waals surface area contributed by atoms with Crippen molar-refractivity contribution in [2.24, 2.45) is 4.99 Å². The number of Topliss-reactive ketones (excluding diaryl/α,β-unsaturated/α-hetero) is 1. The summed E-state index contributed by atoms with van der Waals surface area (Å²) in [6.07, 6.45) is 1.76. The first-order valence-electron chi connectivity index (χ1n) is 5.56. The molecule has 90 valence electrons. The van der Waals surface area contributed by atoms with Gasteiger partial charge in [0.2, 0.25) is 0 Å². The Balaban J connectivity index is 2.13. The van der Waals surface area contributed by atoms with Crippen molar-refractivity contribution in [2.75, 3.05) is 0 Å². The van der Waals surface area contributed by atoms with Crippen molar-refractivity contribution in [3.8, 4) is 0 Å². The topological polar surface area (TPSA) is 29.4 Å². The molecule has 0 spiro atoms. The largest absolute Gasteiger partial charge is 0.295 e. The first-order chi connectivity index (χ1) is 8.65. The van der Waals surface area contributed by atoms with E-state index in [4.69, 9.17) is 11.6 Å². The molecule has 2 aromatic carbocycles. The van der Waals surface area contributed by atoms with Gasteiger partial charge in [0.1, 0.15) is 0 Å². The number of nitrogens with zero attached hydrogens (tertiary/aromatic N) is 1. The van der Waals surface area contributed by atoms with Crippen LogP contribution >= 0.6 is 11.6 Å². The number of benzene rings is 2. The third-order valence-electron chi connectivity index (χ3n) is 2.51. The van der Waals surface area contributed by atoms with Gasteiger partial charge in [0.15, 0.2) is 5.78 Å². The molecule has 0 fully saturated rings. The molecule has 0 atom stereocenters. The molecule has 0 aromatic heterocycles. The number of aliphatic imine (C=N–C) groups is 1. The fraction of sp³-hybridized carbons (Fsp3) is 0.0667. The molecular formula is C15H12ClNO. The summed E-state index contributed by atoms with van der Waals surface area (Å²) in [4.78, 5) is 15.4. The lowest BCUT2D eigenvalue weighted by Crippen LogP contribution is -1.89. The van der Waals surface area contributed by atoms with Crippen LogP contribution in [0, 0.1) is 0 Å². The Labute approximate surface area is 111 Å². The second kappa shape index (κ2) is 5.61. The summed E-state index contributed by atoms with van der Waals surface area (Å²) in [6, 6.07) is 14.6. The molecule has 2 nitrogen and oxygen atoms in total. The maximum Gasteiger partial charge on any atom is 0.159 e. The summed E-state index contributed by atoms with van der Waals surface area (Å²) in [5, 5.41) is 0.706.